The molecule has 0 radical (unpaired) electrons. The molecular formula is C19H23N5O. The second-order valence-electron chi connectivity index (χ2n) is 6.53. The van der Waals surface area contributed by atoms with Crippen LogP contribution in [0.2, 0.25) is 0 Å². The maximum absolute atomic E-state index is 12.9. The lowest BCUT2D eigenvalue weighted by atomic mass is 9.99. The van der Waals surface area contributed by atoms with Crippen LogP contribution in [-0.4, -0.2) is 27.7 Å². The van der Waals surface area contributed by atoms with Crippen molar-refractivity contribution in [3.63, 3.8) is 0 Å². The van der Waals surface area contributed by atoms with Crippen molar-refractivity contribution < 1.29 is 4.79 Å². The van der Waals surface area contributed by atoms with E-state index in [1.54, 1.807) is 24.3 Å². The number of H-pyrrole nitrogens is 1. The molecule has 6 nitrogen and oxygen atoms in total. The normalized spacial score (nSPS) is 17.6. The molecule has 0 unspecified atom stereocenters. The summed E-state index contributed by atoms with van der Waals surface area (Å²) in [6, 6.07) is 8.96. The number of nitriles is 1. The highest BCUT2D eigenvalue weighted by atomic mass is 16.2. The molecule has 1 fully saturated rings. The Morgan fingerprint density at radius 2 is 2.04 bits per heavy atom. The van der Waals surface area contributed by atoms with Crippen molar-refractivity contribution >= 4 is 11.7 Å². The van der Waals surface area contributed by atoms with Crippen molar-refractivity contribution in [1.82, 2.24) is 15.1 Å². The Morgan fingerprint density at radius 3 is 2.68 bits per heavy atom. The summed E-state index contributed by atoms with van der Waals surface area (Å²) in [6.07, 6.45) is 4.19. The van der Waals surface area contributed by atoms with Crippen LogP contribution < -0.4 is 5.32 Å². The summed E-state index contributed by atoms with van der Waals surface area (Å²) in [5.74, 6) is 0. The zero-order valence-corrected chi connectivity index (χ0v) is 14.7. The van der Waals surface area contributed by atoms with E-state index < -0.39 is 0 Å². The maximum Gasteiger partial charge on any atom is 0.322 e. The molecule has 1 aliphatic heterocycles. The van der Waals surface area contributed by atoms with E-state index in [-0.39, 0.29) is 12.1 Å². The highest BCUT2D eigenvalue weighted by Crippen LogP contribution is 2.33. The molecule has 130 valence electrons. The first kappa shape index (κ1) is 17.0. The number of aryl methyl sites for hydroxylation is 2. The van der Waals surface area contributed by atoms with Crippen molar-refractivity contribution in [2.45, 2.75) is 45.6 Å². The van der Waals surface area contributed by atoms with Crippen molar-refractivity contribution in [2.24, 2.45) is 0 Å². The Hall–Kier alpha value is -2.81. The Morgan fingerprint density at radius 1 is 1.28 bits per heavy atom. The van der Waals surface area contributed by atoms with Gasteiger partial charge in [0, 0.05) is 23.5 Å². The van der Waals surface area contributed by atoms with Gasteiger partial charge in [-0.2, -0.15) is 10.4 Å². The predicted molar refractivity (Wildman–Crippen MR) is 96.2 cm³/mol. The lowest BCUT2D eigenvalue weighted by molar-refractivity contribution is 0.189. The predicted octanol–water partition coefficient (Wildman–Crippen LogP) is 4.05. The molecule has 1 atom stereocenters. The molecule has 3 rings (SSSR count). The number of urea groups is 1. The first-order valence-corrected chi connectivity index (χ1v) is 8.69. The van der Waals surface area contributed by atoms with Gasteiger partial charge in [-0.15, -0.1) is 0 Å². The first-order valence-electron chi connectivity index (χ1n) is 8.69. The largest absolute Gasteiger partial charge is 0.322 e. The number of aromatic amines is 1. The van der Waals surface area contributed by atoms with Crippen molar-refractivity contribution in [1.29, 1.82) is 5.26 Å². The fourth-order valence-electron chi connectivity index (χ4n) is 3.53. The Bertz CT molecular complexity index is 768. The zero-order chi connectivity index (χ0) is 17.8. The molecule has 1 aliphatic rings. The number of likely N-dealkylation sites (tertiary alicyclic amines) is 1. The van der Waals surface area contributed by atoms with Crippen LogP contribution in [-0.2, 0) is 0 Å². The van der Waals surface area contributed by atoms with Gasteiger partial charge >= 0.3 is 6.03 Å². The molecule has 6 heteroatoms. The summed E-state index contributed by atoms with van der Waals surface area (Å²) in [7, 11) is 0. The van der Waals surface area contributed by atoms with Gasteiger partial charge in [-0.1, -0.05) is 12.8 Å². The minimum atomic E-state index is -0.100. The second kappa shape index (κ2) is 7.39. The topological polar surface area (TPSA) is 84.8 Å². The van der Waals surface area contributed by atoms with Crippen LogP contribution >= 0.6 is 0 Å². The summed E-state index contributed by atoms with van der Waals surface area (Å²) >= 11 is 0. The highest BCUT2D eigenvalue weighted by molar-refractivity contribution is 5.89. The first-order chi connectivity index (χ1) is 12.1. The number of aromatic nitrogens is 2. The molecule has 1 aromatic heterocycles. The third-order valence-electron chi connectivity index (χ3n) is 4.80. The van der Waals surface area contributed by atoms with E-state index in [0.717, 1.165) is 49.2 Å². The fourth-order valence-corrected chi connectivity index (χ4v) is 3.53. The van der Waals surface area contributed by atoms with Gasteiger partial charge in [0.2, 0.25) is 0 Å². The lowest BCUT2D eigenvalue weighted by Gasteiger charge is -2.30. The zero-order valence-electron chi connectivity index (χ0n) is 14.7. The van der Waals surface area contributed by atoms with Crippen molar-refractivity contribution in [3.05, 3.63) is 46.8 Å². The van der Waals surface area contributed by atoms with Crippen molar-refractivity contribution in [2.75, 3.05) is 11.9 Å². The van der Waals surface area contributed by atoms with Gasteiger partial charge in [-0.05, 0) is 51.0 Å². The van der Waals surface area contributed by atoms with Crippen LogP contribution in [0.15, 0.2) is 24.3 Å². The molecule has 1 saturated heterocycles. The van der Waals surface area contributed by atoms with Gasteiger partial charge in [0.25, 0.3) is 0 Å². The number of hydrogen-bond donors (Lipinski definition) is 2. The number of nitrogens with one attached hydrogen (secondary N) is 2. The number of carbonyl (C=O) groups is 1. The lowest BCUT2D eigenvalue weighted by Crippen LogP contribution is -2.38. The quantitative estimate of drug-likeness (QED) is 0.867. The highest BCUT2D eigenvalue weighted by Gasteiger charge is 2.30. The summed E-state index contributed by atoms with van der Waals surface area (Å²) in [4.78, 5) is 14.8. The van der Waals surface area contributed by atoms with E-state index in [4.69, 9.17) is 5.26 Å². The van der Waals surface area contributed by atoms with Gasteiger partial charge in [0.1, 0.15) is 0 Å². The van der Waals surface area contributed by atoms with Gasteiger partial charge in [0.05, 0.1) is 23.4 Å². The minimum Gasteiger partial charge on any atom is -0.317 e. The summed E-state index contributed by atoms with van der Waals surface area (Å²) in [5.41, 5.74) is 4.40. The van der Waals surface area contributed by atoms with E-state index >= 15 is 0 Å². The van der Waals surface area contributed by atoms with Crippen LogP contribution in [0.3, 0.4) is 0 Å². The molecule has 1 aromatic carbocycles. The fraction of sp³-hybridized carbons (Fsp3) is 0.421. The molecule has 2 amide bonds. The van der Waals surface area contributed by atoms with Gasteiger partial charge in [-0.3, -0.25) is 5.10 Å². The molecule has 0 bridgehead atoms. The molecule has 2 N–H and O–H groups in total. The SMILES string of the molecule is Cc1n[nH]c(C)c1[C@@H]1CCCCCN1C(=O)Nc1ccc(C#N)cc1. The van der Waals surface area contributed by atoms with E-state index in [9.17, 15) is 4.79 Å². The number of carbonyl (C=O) groups excluding carboxylic acids is 1. The Balaban J connectivity index is 1.83. The monoisotopic (exact) mass is 337 g/mol. The average molecular weight is 337 g/mol. The molecular weight excluding hydrogens is 314 g/mol. The van der Waals surface area contributed by atoms with Crippen molar-refractivity contribution in [3.8, 4) is 6.07 Å². The minimum absolute atomic E-state index is 0.0413. The van der Waals surface area contributed by atoms with Crippen LogP contribution in [0.1, 0.15) is 54.2 Å². The third-order valence-corrected chi connectivity index (χ3v) is 4.80. The maximum atomic E-state index is 12.9. The molecule has 25 heavy (non-hydrogen) atoms. The summed E-state index contributed by atoms with van der Waals surface area (Å²) in [5, 5.41) is 19.2. The van der Waals surface area contributed by atoms with Crippen LogP contribution in [0.4, 0.5) is 10.5 Å². The number of nitrogens with zero attached hydrogens (tertiary/aromatic N) is 3. The van der Waals surface area contributed by atoms with E-state index in [0.29, 0.717) is 11.3 Å². The van der Waals surface area contributed by atoms with Crippen LogP contribution in [0.25, 0.3) is 0 Å². The Labute approximate surface area is 147 Å². The number of rotatable bonds is 2. The molecule has 0 saturated carbocycles. The number of amides is 2. The number of anilines is 1. The van der Waals surface area contributed by atoms with Crippen LogP contribution in [0.5, 0.6) is 0 Å². The summed E-state index contributed by atoms with van der Waals surface area (Å²) < 4.78 is 0. The average Bonchev–Trinajstić information content (AvgIpc) is 2.82. The third kappa shape index (κ3) is 3.66. The molecule has 2 aromatic rings. The van der Waals surface area contributed by atoms with Gasteiger partial charge in [-0.25, -0.2) is 4.79 Å². The molecule has 2 heterocycles. The number of benzene rings is 1. The van der Waals surface area contributed by atoms with E-state index in [1.807, 2.05) is 18.7 Å². The molecule has 0 spiro atoms. The standard InChI is InChI=1S/C19H23N5O/c1-13-18(14(2)23-22-13)17-6-4-3-5-11-24(17)19(25)21-16-9-7-15(12-20)8-10-16/h7-10,17H,3-6,11H2,1-2H3,(H,21,25)(H,22,23)/t17-/m0/s1. The summed E-state index contributed by atoms with van der Waals surface area (Å²) in [6.45, 7) is 4.73. The second-order valence-corrected chi connectivity index (χ2v) is 6.53. The smallest absolute Gasteiger partial charge is 0.317 e. The van der Waals surface area contributed by atoms with Gasteiger partial charge in [0.15, 0.2) is 0 Å². The van der Waals surface area contributed by atoms with E-state index in [1.165, 1.54) is 0 Å². The van der Waals surface area contributed by atoms with Gasteiger partial charge < -0.3 is 10.2 Å². The van der Waals surface area contributed by atoms with E-state index in [2.05, 4.69) is 21.6 Å². The number of hydrogen-bond acceptors (Lipinski definition) is 3. The Kier molecular flexibility index (Phi) is 5.03. The van der Waals surface area contributed by atoms with Crippen LogP contribution in [0, 0.1) is 25.2 Å². The molecule has 0 aliphatic carbocycles.